The Bertz CT molecular complexity index is 735. The standard InChI is InChI=1S/C19H23NO2S/c1-3-4-6-11-19(17-9-7-5-8-10-17)20-23(21,22)18-14-12-16(2)13-15-18/h4-10,12-15,19-20H,3,11H2,1-2H3/b6-4+/t19-/m1/s1. The van der Waals surface area contributed by atoms with Crippen molar-refractivity contribution in [2.45, 2.75) is 37.6 Å². The minimum absolute atomic E-state index is 0.273. The number of allylic oxidation sites excluding steroid dienone is 1. The zero-order chi connectivity index (χ0) is 16.7. The average molecular weight is 329 g/mol. The lowest BCUT2D eigenvalue weighted by molar-refractivity contribution is 0.557. The molecule has 0 spiro atoms. The van der Waals surface area contributed by atoms with E-state index in [2.05, 4.69) is 17.7 Å². The molecule has 1 N–H and O–H groups in total. The third-order valence-corrected chi connectivity index (χ3v) is 5.09. The molecule has 0 aliphatic rings. The van der Waals surface area contributed by atoms with Crippen LogP contribution in [0.4, 0.5) is 0 Å². The van der Waals surface area contributed by atoms with E-state index in [4.69, 9.17) is 0 Å². The highest BCUT2D eigenvalue weighted by Gasteiger charge is 2.20. The summed E-state index contributed by atoms with van der Waals surface area (Å²) in [7, 11) is -3.55. The minimum Gasteiger partial charge on any atom is -0.207 e. The normalized spacial score (nSPS) is 13.3. The quantitative estimate of drug-likeness (QED) is 0.767. The lowest BCUT2D eigenvalue weighted by Crippen LogP contribution is -2.28. The maximum atomic E-state index is 12.6. The van der Waals surface area contributed by atoms with Crippen LogP contribution in [0, 0.1) is 6.92 Å². The SMILES string of the molecule is CC/C=C/C[C@@H](NS(=O)(=O)c1ccc(C)cc1)c1ccccc1. The molecule has 0 radical (unpaired) electrons. The highest BCUT2D eigenvalue weighted by molar-refractivity contribution is 7.89. The molecule has 0 heterocycles. The molecule has 3 nitrogen and oxygen atoms in total. The molecule has 0 aliphatic heterocycles. The molecule has 0 bridgehead atoms. The van der Waals surface area contributed by atoms with E-state index in [0.717, 1.165) is 17.5 Å². The summed E-state index contributed by atoms with van der Waals surface area (Å²) >= 11 is 0. The van der Waals surface area contributed by atoms with Crippen LogP contribution in [0.1, 0.15) is 36.9 Å². The van der Waals surface area contributed by atoms with Crippen molar-refractivity contribution in [1.82, 2.24) is 4.72 Å². The van der Waals surface area contributed by atoms with E-state index in [9.17, 15) is 8.42 Å². The number of rotatable bonds is 7. The Morgan fingerprint density at radius 3 is 2.26 bits per heavy atom. The van der Waals surface area contributed by atoms with Crippen molar-refractivity contribution in [3.8, 4) is 0 Å². The van der Waals surface area contributed by atoms with Crippen molar-refractivity contribution in [2.24, 2.45) is 0 Å². The first-order valence-corrected chi connectivity index (χ1v) is 9.30. The van der Waals surface area contributed by atoms with Crippen molar-refractivity contribution < 1.29 is 8.42 Å². The molecule has 0 aliphatic carbocycles. The number of sulfonamides is 1. The van der Waals surface area contributed by atoms with Crippen molar-refractivity contribution in [3.63, 3.8) is 0 Å². The van der Waals surface area contributed by atoms with Crippen LogP contribution in [0.5, 0.6) is 0 Å². The van der Waals surface area contributed by atoms with Gasteiger partial charge in [0.1, 0.15) is 0 Å². The second-order valence-corrected chi connectivity index (χ2v) is 7.23. The number of hydrogen-bond donors (Lipinski definition) is 1. The fourth-order valence-electron chi connectivity index (χ4n) is 2.31. The molecule has 2 aromatic carbocycles. The van der Waals surface area contributed by atoms with E-state index in [-0.39, 0.29) is 6.04 Å². The molecule has 4 heteroatoms. The fraction of sp³-hybridized carbons (Fsp3) is 0.263. The lowest BCUT2D eigenvalue weighted by Gasteiger charge is -2.18. The summed E-state index contributed by atoms with van der Waals surface area (Å²) < 4.78 is 28.1. The monoisotopic (exact) mass is 329 g/mol. The number of hydrogen-bond acceptors (Lipinski definition) is 2. The predicted octanol–water partition coefficient (Wildman–Crippen LogP) is 4.37. The maximum Gasteiger partial charge on any atom is 0.241 e. The highest BCUT2D eigenvalue weighted by Crippen LogP contribution is 2.21. The summed E-state index contributed by atoms with van der Waals surface area (Å²) in [6.45, 7) is 4.00. The molecule has 0 aromatic heterocycles. The molecule has 0 fully saturated rings. The molecule has 0 unspecified atom stereocenters. The zero-order valence-corrected chi connectivity index (χ0v) is 14.4. The number of benzene rings is 2. The first kappa shape index (κ1) is 17.4. The summed E-state index contributed by atoms with van der Waals surface area (Å²) in [5.74, 6) is 0. The molecule has 122 valence electrons. The Kier molecular flexibility index (Phi) is 6.13. The average Bonchev–Trinajstić information content (AvgIpc) is 2.55. The molecule has 23 heavy (non-hydrogen) atoms. The van der Waals surface area contributed by atoms with Crippen LogP contribution in [0.15, 0.2) is 71.6 Å². The van der Waals surface area contributed by atoms with Crippen molar-refractivity contribution in [2.75, 3.05) is 0 Å². The molecular weight excluding hydrogens is 306 g/mol. The minimum atomic E-state index is -3.55. The molecule has 2 rings (SSSR count). The van der Waals surface area contributed by atoms with Crippen LogP contribution in [0.2, 0.25) is 0 Å². The predicted molar refractivity (Wildman–Crippen MR) is 94.7 cm³/mol. The molecule has 0 saturated carbocycles. The maximum absolute atomic E-state index is 12.6. The summed E-state index contributed by atoms with van der Waals surface area (Å²) in [4.78, 5) is 0.295. The molecule has 0 saturated heterocycles. The van der Waals surface area contributed by atoms with Gasteiger partial charge in [-0.3, -0.25) is 0 Å². The van der Waals surface area contributed by atoms with Gasteiger partial charge in [-0.25, -0.2) is 13.1 Å². The number of nitrogens with one attached hydrogen (secondary N) is 1. The van der Waals surface area contributed by atoms with Gasteiger partial charge in [-0.15, -0.1) is 0 Å². The van der Waals surface area contributed by atoms with E-state index in [1.165, 1.54) is 0 Å². The summed E-state index contributed by atoms with van der Waals surface area (Å²) in [6.07, 6.45) is 5.64. The Morgan fingerprint density at radius 2 is 1.65 bits per heavy atom. The largest absolute Gasteiger partial charge is 0.241 e. The van der Waals surface area contributed by atoms with Crippen molar-refractivity contribution in [3.05, 3.63) is 77.9 Å². The van der Waals surface area contributed by atoms with Gasteiger partial charge in [0.2, 0.25) is 10.0 Å². The van der Waals surface area contributed by atoms with E-state index >= 15 is 0 Å². The van der Waals surface area contributed by atoms with E-state index in [0.29, 0.717) is 11.3 Å². The summed E-state index contributed by atoms with van der Waals surface area (Å²) in [5.41, 5.74) is 2.00. The van der Waals surface area contributed by atoms with Gasteiger partial charge in [-0.05, 0) is 37.5 Å². The first-order valence-electron chi connectivity index (χ1n) is 7.82. The Hall–Kier alpha value is -1.91. The Morgan fingerprint density at radius 1 is 1.00 bits per heavy atom. The van der Waals surface area contributed by atoms with Crippen LogP contribution >= 0.6 is 0 Å². The second-order valence-electron chi connectivity index (χ2n) is 5.51. The molecule has 2 aromatic rings. The molecule has 1 atom stereocenters. The Balaban J connectivity index is 2.25. The highest BCUT2D eigenvalue weighted by atomic mass is 32.2. The molecule has 0 amide bonds. The van der Waals surface area contributed by atoms with Crippen molar-refractivity contribution >= 4 is 10.0 Å². The summed E-state index contributed by atoms with van der Waals surface area (Å²) in [5, 5.41) is 0. The van der Waals surface area contributed by atoms with E-state index in [1.807, 2.05) is 55.5 Å². The van der Waals surface area contributed by atoms with E-state index in [1.54, 1.807) is 12.1 Å². The first-order chi connectivity index (χ1) is 11.0. The Labute approximate surface area is 139 Å². The van der Waals surface area contributed by atoms with Gasteiger partial charge in [-0.2, -0.15) is 0 Å². The third kappa shape index (κ3) is 5.05. The molecular formula is C19H23NO2S. The van der Waals surface area contributed by atoms with Crippen LogP contribution in [-0.4, -0.2) is 8.42 Å². The van der Waals surface area contributed by atoms with Crippen molar-refractivity contribution in [1.29, 1.82) is 0 Å². The summed E-state index contributed by atoms with van der Waals surface area (Å²) in [6, 6.07) is 16.3. The van der Waals surface area contributed by atoms with Gasteiger partial charge >= 0.3 is 0 Å². The number of aryl methyl sites for hydroxylation is 1. The van der Waals surface area contributed by atoms with Crippen LogP contribution in [0.25, 0.3) is 0 Å². The van der Waals surface area contributed by atoms with Gasteiger partial charge in [-0.1, -0.05) is 67.1 Å². The van der Waals surface area contributed by atoms with Gasteiger partial charge < -0.3 is 0 Å². The smallest absolute Gasteiger partial charge is 0.207 e. The topological polar surface area (TPSA) is 46.2 Å². The van der Waals surface area contributed by atoms with Gasteiger partial charge in [0.25, 0.3) is 0 Å². The van der Waals surface area contributed by atoms with Crippen LogP contribution < -0.4 is 4.72 Å². The zero-order valence-electron chi connectivity index (χ0n) is 13.6. The van der Waals surface area contributed by atoms with E-state index < -0.39 is 10.0 Å². The third-order valence-electron chi connectivity index (χ3n) is 3.60. The second kappa shape index (κ2) is 8.09. The van der Waals surface area contributed by atoms with Gasteiger partial charge in [0.05, 0.1) is 10.9 Å². The van der Waals surface area contributed by atoms with Crippen LogP contribution in [-0.2, 0) is 10.0 Å². The van der Waals surface area contributed by atoms with Gasteiger partial charge in [0, 0.05) is 0 Å². The lowest BCUT2D eigenvalue weighted by atomic mass is 10.0. The van der Waals surface area contributed by atoms with Crippen LogP contribution in [0.3, 0.4) is 0 Å². The van der Waals surface area contributed by atoms with Gasteiger partial charge in [0.15, 0.2) is 0 Å². The fourth-order valence-corrected chi connectivity index (χ4v) is 3.55.